The molecule has 0 saturated heterocycles. The van der Waals surface area contributed by atoms with Crippen molar-refractivity contribution in [3.63, 3.8) is 0 Å². The standard InChI is InChI=1S/C52H35N3/c1-4-12-36(13-5-1)38-20-24-40(25-21-38)42-28-32-44(33-29-42)49-51-50(47-18-10-11-19-48(47)55(51)46-16-8-3-9-17-46)54-52(53-49)45-34-30-43(31-35-45)41-26-22-39(23-27-41)37-14-6-2-7-15-37/h1-35H. The molecule has 3 heteroatoms. The van der Waals surface area contributed by atoms with E-state index in [1.807, 2.05) is 6.07 Å². The van der Waals surface area contributed by atoms with E-state index in [1.54, 1.807) is 0 Å². The van der Waals surface area contributed by atoms with Crippen LogP contribution in [0, 0.1) is 0 Å². The Balaban J connectivity index is 1.07. The number of aromatic nitrogens is 3. The van der Waals surface area contributed by atoms with Gasteiger partial charge in [-0.15, -0.1) is 0 Å². The SMILES string of the molecule is c1ccc(-c2ccc(-c3ccc(-c4nc(-c5ccc(-c6ccc(-c7ccccc7)cc6)cc5)c5c(n4)c4ccccc4n5-c4ccccc4)cc3)cc2)cc1. The minimum Gasteiger partial charge on any atom is -0.306 e. The van der Waals surface area contributed by atoms with Gasteiger partial charge in [0.15, 0.2) is 5.82 Å². The van der Waals surface area contributed by atoms with Gasteiger partial charge in [-0.1, -0.05) is 194 Å². The third kappa shape index (κ3) is 6.08. The summed E-state index contributed by atoms with van der Waals surface area (Å²) in [6.45, 7) is 0. The highest BCUT2D eigenvalue weighted by Gasteiger charge is 2.21. The maximum absolute atomic E-state index is 5.39. The van der Waals surface area contributed by atoms with Crippen molar-refractivity contribution in [1.29, 1.82) is 0 Å². The highest BCUT2D eigenvalue weighted by Crippen LogP contribution is 2.39. The molecule has 0 amide bonds. The third-order valence-electron chi connectivity index (χ3n) is 10.5. The molecule has 2 aromatic heterocycles. The van der Waals surface area contributed by atoms with E-state index in [-0.39, 0.29) is 0 Å². The zero-order valence-corrected chi connectivity index (χ0v) is 30.0. The second kappa shape index (κ2) is 13.9. The summed E-state index contributed by atoms with van der Waals surface area (Å²) in [5, 5.41) is 1.09. The van der Waals surface area contributed by atoms with Gasteiger partial charge in [-0.2, -0.15) is 0 Å². The molecule has 0 spiro atoms. The van der Waals surface area contributed by atoms with E-state index in [9.17, 15) is 0 Å². The molecule has 8 aromatic carbocycles. The van der Waals surface area contributed by atoms with Crippen molar-refractivity contribution < 1.29 is 0 Å². The molecule has 2 heterocycles. The summed E-state index contributed by atoms with van der Waals surface area (Å²) >= 11 is 0. The van der Waals surface area contributed by atoms with E-state index in [0.717, 1.165) is 55.6 Å². The van der Waals surface area contributed by atoms with Crippen LogP contribution in [0.25, 0.3) is 94.8 Å². The van der Waals surface area contributed by atoms with Crippen LogP contribution >= 0.6 is 0 Å². The molecule has 0 bridgehead atoms. The first-order valence-corrected chi connectivity index (χ1v) is 18.7. The Bertz CT molecular complexity index is 2900. The van der Waals surface area contributed by atoms with Crippen LogP contribution in [-0.4, -0.2) is 14.5 Å². The number of rotatable bonds is 7. The lowest BCUT2D eigenvalue weighted by Crippen LogP contribution is -1.99. The van der Waals surface area contributed by atoms with Crippen LogP contribution in [0.2, 0.25) is 0 Å². The highest BCUT2D eigenvalue weighted by molar-refractivity contribution is 6.11. The van der Waals surface area contributed by atoms with E-state index >= 15 is 0 Å². The van der Waals surface area contributed by atoms with E-state index in [1.165, 1.54) is 33.4 Å². The number of para-hydroxylation sites is 2. The van der Waals surface area contributed by atoms with Crippen molar-refractivity contribution in [2.24, 2.45) is 0 Å². The fourth-order valence-corrected chi connectivity index (χ4v) is 7.62. The Hall–Kier alpha value is -7.36. The summed E-state index contributed by atoms with van der Waals surface area (Å²) in [7, 11) is 0. The normalized spacial score (nSPS) is 11.3. The number of hydrogen-bond acceptors (Lipinski definition) is 2. The van der Waals surface area contributed by atoms with Crippen molar-refractivity contribution in [1.82, 2.24) is 14.5 Å². The second-order valence-corrected chi connectivity index (χ2v) is 13.8. The minimum atomic E-state index is 0.699. The molecule has 0 radical (unpaired) electrons. The van der Waals surface area contributed by atoms with Crippen LogP contribution in [0.4, 0.5) is 0 Å². The average molecular weight is 702 g/mol. The van der Waals surface area contributed by atoms with Gasteiger partial charge >= 0.3 is 0 Å². The fourth-order valence-electron chi connectivity index (χ4n) is 7.62. The maximum Gasteiger partial charge on any atom is 0.160 e. The lowest BCUT2D eigenvalue weighted by molar-refractivity contribution is 1.15. The van der Waals surface area contributed by atoms with E-state index < -0.39 is 0 Å². The Labute approximate surface area is 320 Å². The van der Waals surface area contributed by atoms with Gasteiger partial charge in [0.25, 0.3) is 0 Å². The van der Waals surface area contributed by atoms with Gasteiger partial charge in [0.05, 0.1) is 16.7 Å². The van der Waals surface area contributed by atoms with Gasteiger partial charge in [0.1, 0.15) is 5.52 Å². The Morgan fingerprint density at radius 3 is 1.13 bits per heavy atom. The van der Waals surface area contributed by atoms with Gasteiger partial charge in [0, 0.05) is 22.2 Å². The molecule has 0 saturated carbocycles. The first-order valence-electron chi connectivity index (χ1n) is 18.7. The number of nitrogens with zero attached hydrogens (tertiary/aromatic N) is 3. The Morgan fingerprint density at radius 1 is 0.291 bits per heavy atom. The largest absolute Gasteiger partial charge is 0.306 e. The van der Waals surface area contributed by atoms with Crippen molar-refractivity contribution in [2.75, 3.05) is 0 Å². The fraction of sp³-hybridized carbons (Fsp3) is 0. The van der Waals surface area contributed by atoms with Crippen LogP contribution in [-0.2, 0) is 0 Å². The van der Waals surface area contributed by atoms with Gasteiger partial charge in [-0.05, 0) is 62.7 Å². The number of fused-ring (bicyclic) bond motifs is 3. The zero-order chi connectivity index (χ0) is 36.6. The lowest BCUT2D eigenvalue weighted by Gasteiger charge is -2.13. The van der Waals surface area contributed by atoms with E-state index in [4.69, 9.17) is 9.97 Å². The number of benzene rings is 8. The molecule has 0 aliphatic heterocycles. The van der Waals surface area contributed by atoms with Gasteiger partial charge in [-0.25, -0.2) is 9.97 Å². The quantitative estimate of drug-likeness (QED) is 0.166. The van der Waals surface area contributed by atoms with Gasteiger partial charge in [-0.3, -0.25) is 0 Å². The molecular weight excluding hydrogens is 667 g/mol. The summed E-state index contributed by atoms with van der Waals surface area (Å²) in [6, 6.07) is 75.0. The van der Waals surface area contributed by atoms with Crippen LogP contribution in [0.1, 0.15) is 0 Å². The van der Waals surface area contributed by atoms with Crippen LogP contribution < -0.4 is 0 Å². The molecule has 0 unspecified atom stereocenters. The van der Waals surface area contributed by atoms with Crippen LogP contribution in [0.3, 0.4) is 0 Å². The molecule has 0 atom stereocenters. The van der Waals surface area contributed by atoms with E-state index in [0.29, 0.717) is 5.82 Å². The van der Waals surface area contributed by atoms with Gasteiger partial charge < -0.3 is 4.57 Å². The summed E-state index contributed by atoms with van der Waals surface area (Å²) in [4.78, 5) is 10.7. The summed E-state index contributed by atoms with van der Waals surface area (Å²) < 4.78 is 2.31. The average Bonchev–Trinajstić information content (AvgIpc) is 3.62. The monoisotopic (exact) mass is 701 g/mol. The minimum absolute atomic E-state index is 0.699. The Morgan fingerprint density at radius 2 is 0.655 bits per heavy atom. The van der Waals surface area contributed by atoms with E-state index in [2.05, 4.69) is 211 Å². The zero-order valence-electron chi connectivity index (χ0n) is 30.0. The molecule has 10 rings (SSSR count). The summed E-state index contributed by atoms with van der Waals surface area (Å²) in [6.07, 6.45) is 0. The topological polar surface area (TPSA) is 30.7 Å². The predicted molar refractivity (Wildman–Crippen MR) is 229 cm³/mol. The molecule has 0 aliphatic carbocycles. The maximum atomic E-state index is 5.39. The van der Waals surface area contributed by atoms with Crippen molar-refractivity contribution in [2.45, 2.75) is 0 Å². The molecule has 55 heavy (non-hydrogen) atoms. The molecule has 0 fully saturated rings. The van der Waals surface area contributed by atoms with Crippen LogP contribution in [0.5, 0.6) is 0 Å². The molecular formula is C52H35N3. The molecule has 0 N–H and O–H groups in total. The van der Waals surface area contributed by atoms with Gasteiger partial charge in [0.2, 0.25) is 0 Å². The smallest absolute Gasteiger partial charge is 0.160 e. The van der Waals surface area contributed by atoms with Crippen molar-refractivity contribution >= 4 is 21.9 Å². The van der Waals surface area contributed by atoms with Crippen LogP contribution in [0.15, 0.2) is 212 Å². The van der Waals surface area contributed by atoms with Crippen molar-refractivity contribution in [3.05, 3.63) is 212 Å². The Kier molecular flexibility index (Phi) is 8.16. The third-order valence-corrected chi connectivity index (χ3v) is 10.5. The lowest BCUT2D eigenvalue weighted by atomic mass is 9.98. The first-order chi connectivity index (χ1) is 27.3. The number of hydrogen-bond donors (Lipinski definition) is 0. The highest BCUT2D eigenvalue weighted by atomic mass is 15.0. The molecule has 3 nitrogen and oxygen atoms in total. The first kappa shape index (κ1) is 32.3. The summed E-state index contributed by atoms with van der Waals surface area (Å²) in [5.74, 6) is 0.699. The van der Waals surface area contributed by atoms with Crippen molar-refractivity contribution in [3.8, 4) is 72.8 Å². The summed E-state index contributed by atoms with van der Waals surface area (Å²) in [5.41, 5.74) is 16.5. The molecule has 10 aromatic rings. The second-order valence-electron chi connectivity index (χ2n) is 13.8. The molecule has 258 valence electrons. The molecule has 0 aliphatic rings. The predicted octanol–water partition coefficient (Wildman–Crippen LogP) is 13.6.